The smallest absolute Gasteiger partial charge is 0.253 e. The van der Waals surface area contributed by atoms with Crippen LogP contribution in [-0.2, 0) is 5.75 Å². The SMILES string of the molecule is CSCc1cccc(C(=O)N(C)CCC(C)O)c1. The van der Waals surface area contributed by atoms with E-state index in [9.17, 15) is 9.90 Å². The van der Waals surface area contributed by atoms with E-state index < -0.39 is 0 Å². The molecule has 0 heterocycles. The Morgan fingerprint density at radius 2 is 2.22 bits per heavy atom. The fraction of sp³-hybridized carbons (Fsp3) is 0.500. The average Bonchev–Trinajstić information content (AvgIpc) is 2.35. The molecule has 4 heteroatoms. The molecule has 1 aromatic rings. The standard InChI is InChI=1S/C14H21NO2S/c1-11(16)7-8-15(2)14(17)13-6-4-5-12(9-13)10-18-3/h4-6,9,11,16H,7-8,10H2,1-3H3. The van der Waals surface area contributed by atoms with Gasteiger partial charge in [-0.25, -0.2) is 0 Å². The van der Waals surface area contributed by atoms with E-state index in [0.29, 0.717) is 13.0 Å². The number of rotatable bonds is 6. The van der Waals surface area contributed by atoms with E-state index >= 15 is 0 Å². The quantitative estimate of drug-likeness (QED) is 0.860. The van der Waals surface area contributed by atoms with Crippen molar-refractivity contribution in [1.29, 1.82) is 0 Å². The molecular formula is C14H21NO2S. The lowest BCUT2D eigenvalue weighted by Gasteiger charge is -2.18. The Balaban J connectivity index is 2.67. The molecule has 1 atom stereocenters. The number of nitrogens with zero attached hydrogens (tertiary/aromatic N) is 1. The van der Waals surface area contributed by atoms with E-state index in [1.165, 1.54) is 0 Å². The van der Waals surface area contributed by atoms with Crippen molar-refractivity contribution in [3.05, 3.63) is 35.4 Å². The summed E-state index contributed by atoms with van der Waals surface area (Å²) in [6.45, 7) is 2.31. The third-order valence-corrected chi connectivity index (χ3v) is 3.34. The summed E-state index contributed by atoms with van der Waals surface area (Å²) in [7, 11) is 1.77. The largest absolute Gasteiger partial charge is 0.393 e. The van der Waals surface area contributed by atoms with Crippen LogP contribution in [-0.4, -0.2) is 41.9 Å². The molecule has 0 aliphatic carbocycles. The number of aliphatic hydroxyl groups is 1. The minimum atomic E-state index is -0.372. The summed E-state index contributed by atoms with van der Waals surface area (Å²) in [4.78, 5) is 13.8. The van der Waals surface area contributed by atoms with Crippen LogP contribution in [0.5, 0.6) is 0 Å². The Morgan fingerprint density at radius 3 is 2.83 bits per heavy atom. The van der Waals surface area contributed by atoms with Gasteiger partial charge in [0.1, 0.15) is 0 Å². The highest BCUT2D eigenvalue weighted by Crippen LogP contribution is 2.13. The molecule has 3 nitrogen and oxygen atoms in total. The Morgan fingerprint density at radius 1 is 1.50 bits per heavy atom. The molecule has 1 unspecified atom stereocenters. The lowest BCUT2D eigenvalue weighted by Crippen LogP contribution is -2.29. The van der Waals surface area contributed by atoms with Crippen molar-refractivity contribution in [1.82, 2.24) is 4.90 Å². The molecule has 0 fully saturated rings. The normalized spacial score (nSPS) is 12.2. The minimum absolute atomic E-state index is 0.0126. The maximum atomic E-state index is 12.2. The number of thioether (sulfide) groups is 1. The molecule has 0 radical (unpaired) electrons. The number of hydrogen-bond donors (Lipinski definition) is 1. The van der Waals surface area contributed by atoms with Crippen LogP contribution in [0, 0.1) is 0 Å². The Labute approximate surface area is 113 Å². The van der Waals surface area contributed by atoms with Gasteiger partial charge >= 0.3 is 0 Å². The second-order valence-corrected chi connectivity index (χ2v) is 5.36. The monoisotopic (exact) mass is 267 g/mol. The molecule has 0 bridgehead atoms. The van der Waals surface area contributed by atoms with Gasteiger partial charge in [0.05, 0.1) is 6.10 Å². The fourth-order valence-corrected chi connectivity index (χ4v) is 2.18. The summed E-state index contributed by atoms with van der Waals surface area (Å²) in [5.41, 5.74) is 1.88. The summed E-state index contributed by atoms with van der Waals surface area (Å²) in [6.07, 6.45) is 2.28. The molecule has 1 rings (SSSR count). The summed E-state index contributed by atoms with van der Waals surface area (Å²) in [6, 6.07) is 7.73. The van der Waals surface area contributed by atoms with Crippen LogP contribution in [0.15, 0.2) is 24.3 Å². The predicted molar refractivity (Wildman–Crippen MR) is 76.9 cm³/mol. The summed E-state index contributed by atoms with van der Waals surface area (Å²) < 4.78 is 0. The van der Waals surface area contributed by atoms with Crippen molar-refractivity contribution in [3.63, 3.8) is 0 Å². The molecule has 0 saturated heterocycles. The third kappa shape index (κ3) is 4.70. The third-order valence-electron chi connectivity index (χ3n) is 2.71. The lowest BCUT2D eigenvalue weighted by atomic mass is 10.1. The first-order valence-electron chi connectivity index (χ1n) is 6.06. The molecule has 0 saturated carbocycles. The van der Waals surface area contributed by atoms with Crippen LogP contribution < -0.4 is 0 Å². The van der Waals surface area contributed by atoms with Crippen molar-refractivity contribution in [2.24, 2.45) is 0 Å². The molecule has 1 N–H and O–H groups in total. The number of carbonyl (C=O) groups is 1. The van der Waals surface area contributed by atoms with E-state index in [1.807, 2.05) is 30.5 Å². The molecule has 1 aromatic carbocycles. The first kappa shape index (κ1) is 15.1. The van der Waals surface area contributed by atoms with Crippen molar-refractivity contribution in [2.45, 2.75) is 25.2 Å². The van der Waals surface area contributed by atoms with E-state index in [1.54, 1.807) is 30.6 Å². The summed E-state index contributed by atoms with van der Waals surface area (Å²) in [5.74, 6) is 0.928. The van der Waals surface area contributed by atoms with Crippen LogP contribution >= 0.6 is 11.8 Å². The highest BCUT2D eigenvalue weighted by Gasteiger charge is 2.12. The van der Waals surface area contributed by atoms with Gasteiger partial charge in [-0.05, 0) is 37.3 Å². The minimum Gasteiger partial charge on any atom is -0.393 e. The van der Waals surface area contributed by atoms with Crippen LogP contribution in [0.2, 0.25) is 0 Å². The maximum Gasteiger partial charge on any atom is 0.253 e. The van der Waals surface area contributed by atoms with Gasteiger partial charge in [0, 0.05) is 24.9 Å². The molecule has 1 amide bonds. The van der Waals surface area contributed by atoms with Crippen LogP contribution in [0.3, 0.4) is 0 Å². The number of benzene rings is 1. The van der Waals surface area contributed by atoms with Crippen molar-refractivity contribution in [2.75, 3.05) is 19.8 Å². The van der Waals surface area contributed by atoms with Crippen molar-refractivity contribution >= 4 is 17.7 Å². The van der Waals surface area contributed by atoms with Gasteiger partial charge < -0.3 is 10.0 Å². The van der Waals surface area contributed by atoms with Gasteiger partial charge in [0.15, 0.2) is 0 Å². The van der Waals surface area contributed by atoms with Gasteiger partial charge in [0.25, 0.3) is 5.91 Å². The highest BCUT2D eigenvalue weighted by atomic mass is 32.2. The number of hydrogen-bond acceptors (Lipinski definition) is 3. The maximum absolute atomic E-state index is 12.2. The number of aliphatic hydroxyl groups excluding tert-OH is 1. The van der Waals surface area contributed by atoms with Crippen LogP contribution in [0.25, 0.3) is 0 Å². The van der Waals surface area contributed by atoms with Crippen molar-refractivity contribution < 1.29 is 9.90 Å². The molecule has 0 aromatic heterocycles. The van der Waals surface area contributed by atoms with Gasteiger partial charge in [-0.15, -0.1) is 0 Å². The Hall–Kier alpha value is -1.00. The highest BCUT2D eigenvalue weighted by molar-refractivity contribution is 7.97. The Kier molecular flexibility index (Phi) is 6.22. The zero-order chi connectivity index (χ0) is 13.5. The van der Waals surface area contributed by atoms with Crippen molar-refractivity contribution in [3.8, 4) is 0 Å². The first-order valence-corrected chi connectivity index (χ1v) is 7.45. The second-order valence-electron chi connectivity index (χ2n) is 4.50. The topological polar surface area (TPSA) is 40.5 Å². The molecule has 18 heavy (non-hydrogen) atoms. The Bertz CT molecular complexity index is 393. The second kappa shape index (κ2) is 7.44. The van der Waals surface area contributed by atoms with Crippen LogP contribution in [0.4, 0.5) is 0 Å². The van der Waals surface area contributed by atoms with Gasteiger partial charge in [-0.3, -0.25) is 4.79 Å². The predicted octanol–water partition coefficient (Wildman–Crippen LogP) is 2.39. The van der Waals surface area contributed by atoms with E-state index in [-0.39, 0.29) is 12.0 Å². The summed E-state index contributed by atoms with van der Waals surface area (Å²) in [5, 5.41) is 9.23. The first-order chi connectivity index (χ1) is 8.54. The fourth-order valence-electron chi connectivity index (χ4n) is 1.66. The van der Waals surface area contributed by atoms with E-state index in [0.717, 1.165) is 16.9 Å². The molecule has 0 aliphatic heterocycles. The number of amides is 1. The zero-order valence-electron chi connectivity index (χ0n) is 11.2. The van der Waals surface area contributed by atoms with E-state index in [2.05, 4.69) is 0 Å². The van der Waals surface area contributed by atoms with Gasteiger partial charge in [0.2, 0.25) is 0 Å². The molecular weight excluding hydrogens is 246 g/mol. The average molecular weight is 267 g/mol. The van der Waals surface area contributed by atoms with Crippen LogP contribution in [0.1, 0.15) is 29.3 Å². The van der Waals surface area contributed by atoms with E-state index in [4.69, 9.17) is 0 Å². The molecule has 0 aliphatic rings. The zero-order valence-corrected chi connectivity index (χ0v) is 12.0. The van der Waals surface area contributed by atoms with Gasteiger partial charge in [-0.1, -0.05) is 12.1 Å². The van der Waals surface area contributed by atoms with Gasteiger partial charge in [-0.2, -0.15) is 11.8 Å². The lowest BCUT2D eigenvalue weighted by molar-refractivity contribution is 0.0769. The molecule has 100 valence electrons. The number of carbonyl (C=O) groups excluding carboxylic acids is 1. The summed E-state index contributed by atoms with van der Waals surface area (Å²) >= 11 is 1.74. The molecule has 0 spiro atoms.